The van der Waals surface area contributed by atoms with Crippen molar-refractivity contribution in [1.82, 2.24) is 0 Å². The van der Waals surface area contributed by atoms with Crippen LogP contribution in [0.25, 0.3) is 0 Å². The Morgan fingerprint density at radius 3 is 2.08 bits per heavy atom. The zero-order chi connectivity index (χ0) is 19.2. The van der Waals surface area contributed by atoms with Crippen molar-refractivity contribution < 1.29 is 23.8 Å². The van der Waals surface area contributed by atoms with Crippen molar-refractivity contribution in [3.8, 4) is 11.5 Å². The summed E-state index contributed by atoms with van der Waals surface area (Å²) >= 11 is 0. The fraction of sp³-hybridized carbons (Fsp3) is 0.600. The second-order valence-corrected chi connectivity index (χ2v) is 6.97. The highest BCUT2D eigenvalue weighted by atomic mass is 16.5. The molecule has 0 fully saturated rings. The maximum absolute atomic E-state index is 13.0. The van der Waals surface area contributed by atoms with Gasteiger partial charge >= 0.3 is 5.97 Å². The third-order valence-electron chi connectivity index (χ3n) is 4.24. The maximum Gasteiger partial charge on any atom is 0.317 e. The van der Waals surface area contributed by atoms with Gasteiger partial charge in [0.25, 0.3) is 0 Å². The van der Waals surface area contributed by atoms with Crippen LogP contribution in [-0.4, -0.2) is 32.6 Å². The summed E-state index contributed by atoms with van der Waals surface area (Å²) in [7, 11) is 3.13. The lowest BCUT2D eigenvalue weighted by molar-refractivity contribution is -0.155. The Balaban J connectivity index is 3.38. The molecule has 5 heteroatoms. The molecule has 2 unspecified atom stereocenters. The van der Waals surface area contributed by atoms with Gasteiger partial charge in [0, 0.05) is 11.3 Å². The van der Waals surface area contributed by atoms with Crippen LogP contribution in [-0.2, 0) is 14.3 Å². The zero-order valence-electron chi connectivity index (χ0n) is 16.3. The van der Waals surface area contributed by atoms with E-state index in [4.69, 9.17) is 14.2 Å². The number of benzene rings is 1. The summed E-state index contributed by atoms with van der Waals surface area (Å²) in [4.78, 5) is 25.6. The lowest BCUT2D eigenvalue weighted by Crippen LogP contribution is -2.38. The van der Waals surface area contributed by atoms with E-state index in [0.717, 1.165) is 5.56 Å². The summed E-state index contributed by atoms with van der Waals surface area (Å²) in [5.74, 6) is -0.537. The van der Waals surface area contributed by atoms with Crippen molar-refractivity contribution in [3.05, 3.63) is 23.8 Å². The Morgan fingerprint density at radius 2 is 1.64 bits per heavy atom. The van der Waals surface area contributed by atoms with Gasteiger partial charge in [-0.1, -0.05) is 33.8 Å². The SMILES string of the molecule is CCOC(=O)C(C(=O)C(C)(C)C)C(CC)c1ccc(OC)c(OC)c1. The van der Waals surface area contributed by atoms with Gasteiger partial charge in [0.15, 0.2) is 17.3 Å². The Hall–Kier alpha value is -2.04. The summed E-state index contributed by atoms with van der Waals surface area (Å²) < 4.78 is 15.8. The molecule has 0 aliphatic heterocycles. The fourth-order valence-corrected chi connectivity index (χ4v) is 2.90. The molecule has 5 nitrogen and oxygen atoms in total. The van der Waals surface area contributed by atoms with Crippen molar-refractivity contribution in [3.63, 3.8) is 0 Å². The second kappa shape index (κ2) is 8.88. The normalized spacial score (nSPS) is 13.7. The first-order valence-electron chi connectivity index (χ1n) is 8.64. The van der Waals surface area contributed by atoms with Gasteiger partial charge in [-0.15, -0.1) is 0 Å². The van der Waals surface area contributed by atoms with Gasteiger partial charge in [0.1, 0.15) is 5.92 Å². The van der Waals surface area contributed by atoms with Gasteiger partial charge in [-0.3, -0.25) is 9.59 Å². The van der Waals surface area contributed by atoms with E-state index in [-0.39, 0.29) is 18.3 Å². The number of hydrogen-bond donors (Lipinski definition) is 0. The van der Waals surface area contributed by atoms with Crippen LogP contribution in [0.4, 0.5) is 0 Å². The van der Waals surface area contributed by atoms with Crippen molar-refractivity contribution in [2.45, 2.75) is 47.0 Å². The van der Waals surface area contributed by atoms with Crippen LogP contribution in [0.3, 0.4) is 0 Å². The van der Waals surface area contributed by atoms with Gasteiger partial charge in [0.2, 0.25) is 0 Å². The van der Waals surface area contributed by atoms with Crippen molar-refractivity contribution in [2.24, 2.45) is 11.3 Å². The van der Waals surface area contributed by atoms with E-state index < -0.39 is 17.3 Å². The number of Topliss-reactive ketones (excluding diaryl/α,β-unsaturated/α-hetero) is 1. The minimum atomic E-state index is -0.844. The molecule has 1 aromatic carbocycles. The predicted octanol–water partition coefficient (Wildman–Crippen LogP) is 3.99. The maximum atomic E-state index is 13.0. The first-order chi connectivity index (χ1) is 11.7. The largest absolute Gasteiger partial charge is 0.493 e. The molecule has 0 saturated heterocycles. The van der Waals surface area contributed by atoms with Gasteiger partial charge in [0.05, 0.1) is 20.8 Å². The number of ether oxygens (including phenoxy) is 3. The minimum Gasteiger partial charge on any atom is -0.493 e. The summed E-state index contributed by atoms with van der Waals surface area (Å²) in [6.07, 6.45) is 0.626. The molecule has 0 spiro atoms. The molecule has 0 aromatic heterocycles. The van der Waals surface area contributed by atoms with E-state index >= 15 is 0 Å². The molecular formula is C20H30O5. The van der Waals surface area contributed by atoms with Crippen LogP contribution in [0, 0.1) is 11.3 Å². The third-order valence-corrected chi connectivity index (χ3v) is 4.24. The van der Waals surface area contributed by atoms with E-state index in [2.05, 4.69) is 0 Å². The molecule has 0 amide bonds. The fourth-order valence-electron chi connectivity index (χ4n) is 2.90. The number of carbonyl (C=O) groups is 2. The van der Waals surface area contributed by atoms with Gasteiger partial charge < -0.3 is 14.2 Å². The highest BCUT2D eigenvalue weighted by molar-refractivity contribution is 6.02. The molecule has 0 aliphatic rings. The smallest absolute Gasteiger partial charge is 0.317 e. The second-order valence-electron chi connectivity index (χ2n) is 6.97. The molecule has 0 saturated carbocycles. The van der Waals surface area contributed by atoms with Crippen molar-refractivity contribution in [1.29, 1.82) is 0 Å². The number of ketones is 1. The average Bonchev–Trinajstić information content (AvgIpc) is 2.57. The van der Waals surface area contributed by atoms with Crippen LogP contribution in [0.1, 0.15) is 52.5 Å². The number of hydrogen-bond acceptors (Lipinski definition) is 5. The average molecular weight is 350 g/mol. The molecule has 1 rings (SSSR count). The molecule has 0 aliphatic carbocycles. The molecule has 0 radical (unpaired) electrons. The monoisotopic (exact) mass is 350 g/mol. The Morgan fingerprint density at radius 1 is 1.04 bits per heavy atom. The molecule has 0 N–H and O–H groups in total. The van der Waals surface area contributed by atoms with Crippen LogP contribution < -0.4 is 9.47 Å². The summed E-state index contributed by atoms with van der Waals surface area (Å²) in [5.41, 5.74) is 0.220. The number of esters is 1. The highest BCUT2D eigenvalue weighted by Crippen LogP contribution is 2.38. The lowest BCUT2D eigenvalue weighted by Gasteiger charge is -2.29. The topological polar surface area (TPSA) is 61.8 Å². The van der Waals surface area contributed by atoms with Crippen LogP contribution in [0.5, 0.6) is 11.5 Å². The number of rotatable bonds is 8. The highest BCUT2D eigenvalue weighted by Gasteiger charge is 2.41. The summed E-state index contributed by atoms with van der Waals surface area (Å²) in [6.45, 7) is 9.42. The summed E-state index contributed by atoms with van der Waals surface area (Å²) in [5, 5.41) is 0. The first kappa shape index (κ1) is 21.0. The number of carbonyl (C=O) groups excluding carboxylic acids is 2. The minimum absolute atomic E-state index is 0.118. The third kappa shape index (κ3) is 4.97. The van der Waals surface area contributed by atoms with Crippen LogP contribution in [0.15, 0.2) is 18.2 Å². The van der Waals surface area contributed by atoms with E-state index in [0.29, 0.717) is 17.9 Å². The van der Waals surface area contributed by atoms with Crippen LogP contribution >= 0.6 is 0 Å². The van der Waals surface area contributed by atoms with Gasteiger partial charge in [-0.2, -0.15) is 0 Å². The molecule has 140 valence electrons. The molecule has 0 heterocycles. The Bertz CT molecular complexity index is 601. The molecule has 0 bridgehead atoms. The zero-order valence-corrected chi connectivity index (χ0v) is 16.3. The number of methoxy groups -OCH3 is 2. The van der Waals surface area contributed by atoms with Gasteiger partial charge in [-0.25, -0.2) is 0 Å². The van der Waals surface area contributed by atoms with Crippen molar-refractivity contribution in [2.75, 3.05) is 20.8 Å². The standard InChI is InChI=1S/C20H30O5/c1-8-14(13-10-11-15(23-6)16(12-13)24-7)17(19(22)25-9-2)18(21)20(3,4)5/h10-12,14,17H,8-9H2,1-7H3. The van der Waals surface area contributed by atoms with E-state index in [1.54, 1.807) is 27.2 Å². The Kier molecular flexibility index (Phi) is 7.46. The van der Waals surface area contributed by atoms with Crippen molar-refractivity contribution >= 4 is 11.8 Å². The van der Waals surface area contributed by atoms with Crippen LogP contribution in [0.2, 0.25) is 0 Å². The predicted molar refractivity (Wildman–Crippen MR) is 97.2 cm³/mol. The molecule has 25 heavy (non-hydrogen) atoms. The van der Waals surface area contributed by atoms with E-state index in [1.807, 2.05) is 39.8 Å². The Labute approximate surface area is 150 Å². The molecule has 1 aromatic rings. The van der Waals surface area contributed by atoms with E-state index in [9.17, 15) is 9.59 Å². The van der Waals surface area contributed by atoms with E-state index in [1.165, 1.54) is 0 Å². The lowest BCUT2D eigenvalue weighted by atomic mass is 9.74. The molecular weight excluding hydrogens is 320 g/mol. The first-order valence-corrected chi connectivity index (χ1v) is 8.64. The summed E-state index contributed by atoms with van der Waals surface area (Å²) in [6, 6.07) is 5.49. The molecule has 2 atom stereocenters. The quantitative estimate of drug-likeness (QED) is 0.524. The van der Waals surface area contributed by atoms with Gasteiger partial charge in [-0.05, 0) is 31.0 Å².